The number of benzene rings is 1. The minimum atomic E-state index is -0.440. The fourth-order valence-corrected chi connectivity index (χ4v) is 2.75. The van der Waals surface area contributed by atoms with Gasteiger partial charge in [-0.1, -0.05) is 16.4 Å². The zero-order valence-corrected chi connectivity index (χ0v) is 14.6. The lowest BCUT2D eigenvalue weighted by Crippen LogP contribution is -2.16. The summed E-state index contributed by atoms with van der Waals surface area (Å²) in [4.78, 5) is 31.2. The van der Waals surface area contributed by atoms with Crippen molar-refractivity contribution in [2.45, 2.75) is 20.4 Å². The lowest BCUT2D eigenvalue weighted by molar-refractivity contribution is 0.102. The number of H-pyrrole nitrogens is 1. The second-order valence-electron chi connectivity index (χ2n) is 6.00. The molecular formula is C17H15N7O3. The van der Waals surface area contributed by atoms with Gasteiger partial charge in [0, 0.05) is 6.07 Å². The van der Waals surface area contributed by atoms with Crippen LogP contribution in [0.2, 0.25) is 0 Å². The Morgan fingerprint density at radius 3 is 2.96 bits per heavy atom. The van der Waals surface area contributed by atoms with Gasteiger partial charge >= 0.3 is 0 Å². The van der Waals surface area contributed by atoms with Crippen LogP contribution in [0.4, 0.5) is 5.69 Å². The van der Waals surface area contributed by atoms with E-state index in [4.69, 9.17) is 4.52 Å². The van der Waals surface area contributed by atoms with E-state index in [1.54, 1.807) is 42.8 Å². The molecule has 0 atom stereocenters. The third-order valence-electron chi connectivity index (χ3n) is 4.10. The van der Waals surface area contributed by atoms with Crippen molar-refractivity contribution in [3.8, 4) is 0 Å². The fourth-order valence-electron chi connectivity index (χ4n) is 2.75. The third-order valence-corrected chi connectivity index (χ3v) is 4.10. The second kappa shape index (κ2) is 6.48. The van der Waals surface area contributed by atoms with Gasteiger partial charge in [-0.15, -0.1) is 5.10 Å². The average molecular weight is 365 g/mol. The number of aryl methyl sites for hydroxylation is 1. The summed E-state index contributed by atoms with van der Waals surface area (Å²) in [5, 5.41) is 15.0. The maximum Gasteiger partial charge on any atom is 0.278 e. The van der Waals surface area contributed by atoms with Gasteiger partial charge in [0.1, 0.15) is 17.0 Å². The molecule has 0 spiro atoms. The van der Waals surface area contributed by atoms with E-state index in [-0.39, 0.29) is 11.3 Å². The number of hydrogen-bond donors (Lipinski definition) is 2. The molecular weight excluding hydrogens is 350 g/mol. The number of fused-ring (bicyclic) bond motifs is 1. The number of nitrogens with one attached hydrogen (secondary N) is 2. The predicted molar refractivity (Wildman–Crippen MR) is 95.4 cm³/mol. The first-order valence-electron chi connectivity index (χ1n) is 8.13. The summed E-state index contributed by atoms with van der Waals surface area (Å²) in [5.41, 5.74) is 1.99. The second-order valence-corrected chi connectivity index (χ2v) is 6.00. The van der Waals surface area contributed by atoms with E-state index in [9.17, 15) is 9.59 Å². The summed E-state index contributed by atoms with van der Waals surface area (Å²) < 4.78 is 6.60. The molecule has 136 valence electrons. The van der Waals surface area contributed by atoms with Gasteiger partial charge in [-0.3, -0.25) is 9.59 Å². The Bertz CT molecular complexity index is 1200. The van der Waals surface area contributed by atoms with E-state index in [1.165, 1.54) is 6.33 Å². The number of rotatable bonds is 4. The zero-order valence-electron chi connectivity index (χ0n) is 14.6. The molecule has 10 nitrogen and oxygen atoms in total. The summed E-state index contributed by atoms with van der Waals surface area (Å²) in [6.07, 6.45) is 1.29. The van der Waals surface area contributed by atoms with Crippen LogP contribution in [0.5, 0.6) is 0 Å². The maximum atomic E-state index is 12.7. The van der Waals surface area contributed by atoms with Gasteiger partial charge in [-0.25, -0.2) is 9.67 Å². The number of amides is 1. The van der Waals surface area contributed by atoms with Crippen LogP contribution in [0.1, 0.15) is 27.6 Å². The van der Waals surface area contributed by atoms with Gasteiger partial charge in [-0.05, 0) is 26.0 Å². The standard InChI is InChI=1S/C17H15N7O3/c1-9-6-11(22-27-9)7-24-10(2)14(21-23-24)17(26)20-13-5-3-4-12-15(13)18-8-19-16(12)25/h3-6,8H,7H2,1-2H3,(H,20,26)(H,18,19,25). The van der Waals surface area contributed by atoms with Crippen LogP contribution in [0.25, 0.3) is 10.9 Å². The smallest absolute Gasteiger partial charge is 0.278 e. The van der Waals surface area contributed by atoms with E-state index >= 15 is 0 Å². The molecule has 0 unspecified atom stereocenters. The van der Waals surface area contributed by atoms with Crippen molar-refractivity contribution in [1.82, 2.24) is 30.1 Å². The van der Waals surface area contributed by atoms with Crippen molar-refractivity contribution in [3.05, 3.63) is 63.8 Å². The number of carbonyl (C=O) groups is 1. The average Bonchev–Trinajstić information content (AvgIpc) is 3.22. The van der Waals surface area contributed by atoms with Gasteiger partial charge in [-0.2, -0.15) is 0 Å². The molecule has 0 aliphatic heterocycles. The largest absolute Gasteiger partial charge is 0.361 e. The molecule has 3 heterocycles. The SMILES string of the molecule is Cc1cc(Cn2nnc(C(=O)Nc3cccc4c(=O)[nH]cnc34)c2C)no1. The van der Waals surface area contributed by atoms with Gasteiger partial charge in [0.2, 0.25) is 0 Å². The lowest BCUT2D eigenvalue weighted by Gasteiger charge is -2.06. The highest BCUT2D eigenvalue weighted by molar-refractivity contribution is 6.07. The van der Waals surface area contributed by atoms with Crippen LogP contribution in [-0.4, -0.2) is 36.0 Å². The van der Waals surface area contributed by atoms with Gasteiger partial charge in [0.05, 0.1) is 29.6 Å². The van der Waals surface area contributed by atoms with Crippen molar-refractivity contribution in [2.75, 3.05) is 5.32 Å². The van der Waals surface area contributed by atoms with Crippen LogP contribution in [-0.2, 0) is 6.54 Å². The Labute approximate surface area is 152 Å². The Hall–Kier alpha value is -3.82. The quantitative estimate of drug-likeness (QED) is 0.559. The van der Waals surface area contributed by atoms with Crippen molar-refractivity contribution in [2.24, 2.45) is 0 Å². The fraction of sp³-hybridized carbons (Fsp3) is 0.176. The molecule has 2 N–H and O–H groups in total. The summed E-state index contributed by atoms with van der Waals surface area (Å²) in [7, 11) is 0. The maximum absolute atomic E-state index is 12.7. The first kappa shape index (κ1) is 16.6. The summed E-state index contributed by atoms with van der Waals surface area (Å²) in [6.45, 7) is 3.88. The Kier molecular flexibility index (Phi) is 3.99. The van der Waals surface area contributed by atoms with E-state index in [0.717, 1.165) is 0 Å². The van der Waals surface area contributed by atoms with Crippen molar-refractivity contribution in [3.63, 3.8) is 0 Å². The monoisotopic (exact) mass is 365 g/mol. The third kappa shape index (κ3) is 3.08. The Morgan fingerprint density at radius 2 is 2.19 bits per heavy atom. The zero-order chi connectivity index (χ0) is 19.0. The minimum Gasteiger partial charge on any atom is -0.361 e. The molecule has 4 aromatic rings. The van der Waals surface area contributed by atoms with E-state index < -0.39 is 5.91 Å². The van der Waals surface area contributed by atoms with Crippen LogP contribution >= 0.6 is 0 Å². The molecule has 0 radical (unpaired) electrons. The first-order valence-corrected chi connectivity index (χ1v) is 8.13. The van der Waals surface area contributed by atoms with Crippen molar-refractivity contribution in [1.29, 1.82) is 0 Å². The normalized spacial score (nSPS) is 11.0. The number of aromatic amines is 1. The minimum absolute atomic E-state index is 0.178. The molecule has 3 aromatic heterocycles. The highest BCUT2D eigenvalue weighted by Crippen LogP contribution is 2.19. The van der Waals surface area contributed by atoms with E-state index in [2.05, 4.69) is 30.8 Å². The molecule has 0 fully saturated rings. The van der Waals surface area contributed by atoms with Crippen LogP contribution in [0, 0.1) is 13.8 Å². The van der Waals surface area contributed by atoms with E-state index in [1.807, 2.05) is 0 Å². The molecule has 0 aliphatic carbocycles. The first-order chi connectivity index (χ1) is 13.0. The van der Waals surface area contributed by atoms with Gasteiger partial charge < -0.3 is 14.8 Å². The molecule has 4 rings (SSSR count). The molecule has 0 saturated heterocycles. The highest BCUT2D eigenvalue weighted by atomic mass is 16.5. The number of para-hydroxylation sites is 1. The summed E-state index contributed by atoms with van der Waals surface area (Å²) in [5.74, 6) is 0.254. The molecule has 0 bridgehead atoms. The van der Waals surface area contributed by atoms with Crippen molar-refractivity contribution >= 4 is 22.5 Å². The number of carbonyl (C=O) groups excluding carboxylic acids is 1. The molecule has 1 aromatic carbocycles. The number of anilines is 1. The number of hydrogen-bond acceptors (Lipinski definition) is 7. The summed E-state index contributed by atoms with van der Waals surface area (Å²) >= 11 is 0. The molecule has 0 aliphatic rings. The summed E-state index contributed by atoms with van der Waals surface area (Å²) in [6, 6.07) is 6.77. The molecule has 0 saturated carbocycles. The lowest BCUT2D eigenvalue weighted by atomic mass is 10.2. The van der Waals surface area contributed by atoms with Gasteiger partial charge in [0.15, 0.2) is 5.69 Å². The molecule has 1 amide bonds. The van der Waals surface area contributed by atoms with Gasteiger partial charge in [0.25, 0.3) is 11.5 Å². The number of nitrogens with zero attached hydrogens (tertiary/aromatic N) is 5. The van der Waals surface area contributed by atoms with Crippen molar-refractivity contribution < 1.29 is 9.32 Å². The Balaban J connectivity index is 1.61. The van der Waals surface area contributed by atoms with E-state index in [0.29, 0.717) is 40.3 Å². The Morgan fingerprint density at radius 1 is 1.33 bits per heavy atom. The molecule has 27 heavy (non-hydrogen) atoms. The topological polar surface area (TPSA) is 132 Å². The number of aromatic nitrogens is 6. The van der Waals surface area contributed by atoms with Crippen LogP contribution in [0.3, 0.4) is 0 Å². The molecule has 10 heteroatoms. The highest BCUT2D eigenvalue weighted by Gasteiger charge is 2.18. The van der Waals surface area contributed by atoms with Crippen LogP contribution in [0.15, 0.2) is 39.9 Å². The van der Waals surface area contributed by atoms with Crippen LogP contribution < -0.4 is 10.9 Å². The predicted octanol–water partition coefficient (Wildman–Crippen LogP) is 1.42.